The van der Waals surface area contributed by atoms with Gasteiger partial charge in [0, 0.05) is 19.5 Å². The number of ether oxygens (including phenoxy) is 1. The summed E-state index contributed by atoms with van der Waals surface area (Å²) in [6.07, 6.45) is 1.87. The Morgan fingerprint density at radius 2 is 1.54 bits per heavy atom. The largest absolute Gasteiger partial charge is 0.497 e. The third kappa shape index (κ3) is 8.72. The number of methoxy groups -OCH3 is 1. The predicted octanol–water partition coefficient (Wildman–Crippen LogP) is 5.89. The topological polar surface area (TPSA) is 96.0 Å². The van der Waals surface area contributed by atoms with E-state index in [0.717, 1.165) is 46.0 Å². The van der Waals surface area contributed by atoms with E-state index in [1.165, 1.54) is 48.4 Å². The van der Waals surface area contributed by atoms with Gasteiger partial charge in [0.25, 0.3) is 10.0 Å². The zero-order valence-corrected chi connectivity index (χ0v) is 27.2. The monoisotopic (exact) mass is 645 g/mol. The van der Waals surface area contributed by atoms with Gasteiger partial charge in [-0.25, -0.2) is 12.8 Å². The first kappa shape index (κ1) is 34.2. The van der Waals surface area contributed by atoms with Crippen LogP contribution in [-0.4, -0.2) is 51.4 Å². The smallest absolute Gasteiger partial charge is 0.264 e. The molecular formula is C36H40FN3O5S. The van der Waals surface area contributed by atoms with E-state index in [4.69, 9.17) is 4.74 Å². The molecular weight excluding hydrogens is 605 g/mol. The molecule has 0 saturated heterocycles. The van der Waals surface area contributed by atoms with Crippen LogP contribution in [0.3, 0.4) is 0 Å². The first-order valence-electron chi connectivity index (χ1n) is 15.2. The van der Waals surface area contributed by atoms with Gasteiger partial charge in [-0.05, 0) is 78.6 Å². The molecule has 0 radical (unpaired) electrons. The zero-order valence-electron chi connectivity index (χ0n) is 26.4. The van der Waals surface area contributed by atoms with Gasteiger partial charge < -0.3 is 15.0 Å². The molecule has 0 spiro atoms. The van der Waals surface area contributed by atoms with Crippen molar-refractivity contribution >= 4 is 27.5 Å². The summed E-state index contributed by atoms with van der Waals surface area (Å²) in [5.74, 6) is -1.00. The number of benzene rings is 4. The quantitative estimate of drug-likeness (QED) is 0.163. The highest BCUT2D eigenvalue weighted by atomic mass is 32.2. The molecule has 1 N–H and O–H groups in total. The molecule has 4 aromatic rings. The number of carbonyl (C=O) groups is 2. The lowest BCUT2D eigenvalue weighted by atomic mass is 10.0. The first-order valence-corrected chi connectivity index (χ1v) is 16.7. The molecule has 0 fully saturated rings. The highest BCUT2D eigenvalue weighted by Crippen LogP contribution is 2.27. The van der Waals surface area contributed by atoms with Gasteiger partial charge in [0.2, 0.25) is 11.8 Å². The minimum atomic E-state index is -4.32. The predicted molar refractivity (Wildman–Crippen MR) is 178 cm³/mol. The van der Waals surface area contributed by atoms with Crippen LogP contribution in [0.4, 0.5) is 10.1 Å². The molecule has 0 aromatic heterocycles. The maximum atomic E-state index is 14.5. The van der Waals surface area contributed by atoms with Crippen molar-refractivity contribution in [2.45, 2.75) is 50.6 Å². The third-order valence-electron chi connectivity index (χ3n) is 7.74. The Morgan fingerprint density at radius 3 is 2.17 bits per heavy atom. The lowest BCUT2D eigenvalue weighted by molar-refractivity contribution is -0.140. The fourth-order valence-electron chi connectivity index (χ4n) is 5.04. The van der Waals surface area contributed by atoms with Crippen LogP contribution in [0.15, 0.2) is 108 Å². The molecule has 8 nitrogen and oxygen atoms in total. The van der Waals surface area contributed by atoms with Crippen LogP contribution in [0, 0.1) is 12.7 Å². The Kier molecular flexibility index (Phi) is 11.9. The van der Waals surface area contributed by atoms with E-state index in [0.29, 0.717) is 12.3 Å². The normalized spacial score (nSPS) is 11.8. The van der Waals surface area contributed by atoms with Crippen LogP contribution in [0.25, 0.3) is 0 Å². The standard InChI is InChI=1S/C36H40FN3O5S/c1-4-5-23-38-36(42)34(24-28-12-7-6-8-13-28)39(25-29-14-10-9-11-27(29)2)35(41)26-40(31-17-15-30(37)16-18-31)46(43,44)33-21-19-32(45-3)20-22-33/h6-22,34H,4-5,23-26H2,1-3H3,(H,38,42). The number of nitrogens with zero attached hydrogens (tertiary/aromatic N) is 2. The number of halogens is 1. The van der Waals surface area contributed by atoms with Crippen molar-refractivity contribution in [3.05, 3.63) is 126 Å². The average Bonchev–Trinajstić information content (AvgIpc) is 3.07. The van der Waals surface area contributed by atoms with Crippen LogP contribution in [0.1, 0.15) is 36.5 Å². The second-order valence-corrected chi connectivity index (χ2v) is 12.8. The molecule has 46 heavy (non-hydrogen) atoms. The molecule has 0 heterocycles. The van der Waals surface area contributed by atoms with Gasteiger partial charge in [-0.3, -0.25) is 13.9 Å². The lowest BCUT2D eigenvalue weighted by Crippen LogP contribution is -2.53. The summed E-state index contributed by atoms with van der Waals surface area (Å²) in [7, 11) is -2.84. The number of anilines is 1. The minimum absolute atomic E-state index is 0.0735. The van der Waals surface area contributed by atoms with Crippen molar-refractivity contribution < 1.29 is 27.1 Å². The number of amides is 2. The summed E-state index contributed by atoms with van der Waals surface area (Å²) in [4.78, 5) is 29.7. The average molecular weight is 646 g/mol. The summed E-state index contributed by atoms with van der Waals surface area (Å²) < 4.78 is 48.3. The highest BCUT2D eigenvalue weighted by molar-refractivity contribution is 7.92. The molecule has 0 bridgehead atoms. The van der Waals surface area contributed by atoms with E-state index in [9.17, 15) is 22.4 Å². The van der Waals surface area contributed by atoms with Crippen LogP contribution >= 0.6 is 0 Å². The number of nitrogens with one attached hydrogen (secondary N) is 1. The van der Waals surface area contributed by atoms with Crippen molar-refractivity contribution in [2.75, 3.05) is 24.5 Å². The fraction of sp³-hybridized carbons (Fsp3) is 0.278. The molecule has 0 aliphatic heterocycles. The molecule has 0 saturated carbocycles. The molecule has 4 aromatic carbocycles. The number of sulfonamides is 1. The summed E-state index contributed by atoms with van der Waals surface area (Å²) in [5, 5.41) is 2.98. The third-order valence-corrected chi connectivity index (χ3v) is 9.53. The van der Waals surface area contributed by atoms with Crippen LogP contribution in [-0.2, 0) is 32.6 Å². The van der Waals surface area contributed by atoms with E-state index in [2.05, 4.69) is 5.32 Å². The van der Waals surface area contributed by atoms with Crippen molar-refractivity contribution in [1.82, 2.24) is 10.2 Å². The van der Waals surface area contributed by atoms with E-state index in [-0.39, 0.29) is 29.5 Å². The van der Waals surface area contributed by atoms with Gasteiger partial charge in [0.15, 0.2) is 0 Å². The maximum Gasteiger partial charge on any atom is 0.264 e. The van der Waals surface area contributed by atoms with Crippen molar-refractivity contribution in [3.63, 3.8) is 0 Å². The zero-order chi connectivity index (χ0) is 33.1. The Labute approximate surface area is 270 Å². The molecule has 10 heteroatoms. The van der Waals surface area contributed by atoms with E-state index >= 15 is 0 Å². The number of rotatable bonds is 15. The molecule has 1 atom stereocenters. The number of hydrogen-bond acceptors (Lipinski definition) is 5. The van der Waals surface area contributed by atoms with Crippen molar-refractivity contribution in [3.8, 4) is 5.75 Å². The van der Waals surface area contributed by atoms with Gasteiger partial charge in [0.1, 0.15) is 24.2 Å². The summed E-state index contributed by atoms with van der Waals surface area (Å²) >= 11 is 0. The number of aryl methyl sites for hydroxylation is 1. The fourth-order valence-corrected chi connectivity index (χ4v) is 6.46. The highest BCUT2D eigenvalue weighted by Gasteiger charge is 2.34. The summed E-state index contributed by atoms with van der Waals surface area (Å²) in [6, 6.07) is 26.7. The second kappa shape index (κ2) is 16.0. The van der Waals surface area contributed by atoms with E-state index in [1.807, 2.05) is 68.4 Å². The molecule has 0 aliphatic carbocycles. The van der Waals surface area contributed by atoms with Crippen LogP contribution in [0.5, 0.6) is 5.75 Å². The summed E-state index contributed by atoms with van der Waals surface area (Å²) in [6.45, 7) is 3.84. The van der Waals surface area contributed by atoms with Crippen molar-refractivity contribution in [1.29, 1.82) is 0 Å². The van der Waals surface area contributed by atoms with Gasteiger partial charge in [-0.15, -0.1) is 0 Å². The Bertz CT molecular complexity index is 1700. The maximum absolute atomic E-state index is 14.5. The molecule has 2 amide bonds. The summed E-state index contributed by atoms with van der Waals surface area (Å²) in [5.41, 5.74) is 2.70. The number of carbonyl (C=O) groups excluding carboxylic acids is 2. The minimum Gasteiger partial charge on any atom is -0.497 e. The van der Waals surface area contributed by atoms with E-state index in [1.54, 1.807) is 0 Å². The van der Waals surface area contributed by atoms with Crippen molar-refractivity contribution in [2.24, 2.45) is 0 Å². The van der Waals surface area contributed by atoms with Gasteiger partial charge in [-0.1, -0.05) is 67.9 Å². The number of hydrogen-bond donors (Lipinski definition) is 1. The van der Waals surface area contributed by atoms with Crippen LogP contribution < -0.4 is 14.4 Å². The Hall–Kier alpha value is -4.70. The van der Waals surface area contributed by atoms with Crippen LogP contribution in [0.2, 0.25) is 0 Å². The molecule has 0 aliphatic rings. The molecule has 1 unspecified atom stereocenters. The first-order chi connectivity index (χ1) is 22.1. The second-order valence-electron chi connectivity index (χ2n) is 11.0. The SMILES string of the molecule is CCCCNC(=O)C(Cc1ccccc1)N(Cc1ccccc1C)C(=O)CN(c1ccc(F)cc1)S(=O)(=O)c1ccc(OC)cc1. The number of unbranched alkanes of at least 4 members (excludes halogenated alkanes) is 1. The van der Waals surface area contributed by atoms with Gasteiger partial charge >= 0.3 is 0 Å². The van der Waals surface area contributed by atoms with E-state index < -0.39 is 34.3 Å². The molecule has 242 valence electrons. The lowest BCUT2D eigenvalue weighted by Gasteiger charge is -2.34. The Balaban J connectivity index is 1.79. The van der Waals surface area contributed by atoms with Gasteiger partial charge in [-0.2, -0.15) is 0 Å². The Morgan fingerprint density at radius 1 is 0.891 bits per heavy atom. The van der Waals surface area contributed by atoms with Gasteiger partial charge in [0.05, 0.1) is 17.7 Å². The molecule has 4 rings (SSSR count).